The molecule has 0 radical (unpaired) electrons. The van der Waals surface area contributed by atoms with E-state index in [0.717, 1.165) is 38.1 Å². The summed E-state index contributed by atoms with van der Waals surface area (Å²) < 4.78 is 21.6. The minimum Gasteiger partial charge on any atom is -0.496 e. The molecule has 0 amide bonds. The Bertz CT molecular complexity index is 604. The zero-order valence-electron chi connectivity index (χ0n) is 14.6. The van der Waals surface area contributed by atoms with E-state index in [-0.39, 0.29) is 16.2 Å². The first kappa shape index (κ1) is 16.9. The monoisotopic (exact) mass is 336 g/mol. The van der Waals surface area contributed by atoms with Gasteiger partial charge in [-0.3, -0.25) is 0 Å². The quantitative estimate of drug-likeness (QED) is 0.892. The fourth-order valence-corrected chi connectivity index (χ4v) is 4.82. The fourth-order valence-electron chi connectivity index (χ4n) is 3.88. The lowest BCUT2D eigenvalue weighted by Crippen LogP contribution is -2.46. The van der Waals surface area contributed by atoms with Crippen LogP contribution in [0.1, 0.15) is 50.8 Å². The number of hydrogen-bond acceptors (Lipinski definition) is 3. The first-order chi connectivity index (χ1) is 10.9. The molecule has 3 rings (SSSR count). The second-order valence-corrected chi connectivity index (χ2v) is 9.75. The Morgan fingerprint density at radius 2 is 2.00 bits per heavy atom. The van der Waals surface area contributed by atoms with Crippen LogP contribution < -0.4 is 14.8 Å². The van der Waals surface area contributed by atoms with Gasteiger partial charge in [-0.1, -0.05) is 12.1 Å². The topological polar surface area (TPSA) is 50.4 Å². The lowest BCUT2D eigenvalue weighted by molar-refractivity contribution is 0.164. The van der Waals surface area contributed by atoms with E-state index in [1.165, 1.54) is 11.1 Å². The van der Waals surface area contributed by atoms with E-state index in [2.05, 4.69) is 16.1 Å². The third-order valence-corrected chi connectivity index (χ3v) is 6.78. The van der Waals surface area contributed by atoms with Crippen molar-refractivity contribution in [1.82, 2.24) is 10.0 Å². The van der Waals surface area contributed by atoms with Crippen molar-refractivity contribution >= 4 is 11.0 Å². The van der Waals surface area contributed by atoms with Crippen molar-refractivity contribution in [2.75, 3.05) is 20.2 Å². The minimum atomic E-state index is -1.08. The summed E-state index contributed by atoms with van der Waals surface area (Å²) in [6, 6.07) is 6.39. The predicted octanol–water partition coefficient (Wildman–Crippen LogP) is 2.71. The van der Waals surface area contributed by atoms with Crippen molar-refractivity contribution < 1.29 is 8.95 Å². The smallest absolute Gasteiger partial charge is 0.122 e. The number of benzene rings is 1. The summed E-state index contributed by atoms with van der Waals surface area (Å²) in [4.78, 5) is 0. The molecule has 1 spiro atoms. The van der Waals surface area contributed by atoms with Gasteiger partial charge in [0.2, 0.25) is 0 Å². The van der Waals surface area contributed by atoms with Crippen LogP contribution in [0.4, 0.5) is 0 Å². The first-order valence-corrected chi connectivity index (χ1v) is 9.57. The Kier molecular flexibility index (Phi) is 4.55. The maximum Gasteiger partial charge on any atom is 0.122 e. The van der Waals surface area contributed by atoms with E-state index in [1.54, 1.807) is 7.11 Å². The van der Waals surface area contributed by atoms with Gasteiger partial charge >= 0.3 is 0 Å². The van der Waals surface area contributed by atoms with Crippen molar-refractivity contribution in [1.29, 1.82) is 0 Å². The molecular formula is C18H28N2O2S. The summed E-state index contributed by atoms with van der Waals surface area (Å²) in [7, 11) is 0.653. The Morgan fingerprint density at radius 1 is 1.30 bits per heavy atom. The molecule has 1 heterocycles. The second kappa shape index (κ2) is 6.19. The highest BCUT2D eigenvalue weighted by atomic mass is 32.2. The van der Waals surface area contributed by atoms with Gasteiger partial charge in [-0.2, -0.15) is 0 Å². The van der Waals surface area contributed by atoms with E-state index >= 15 is 0 Å². The molecule has 2 N–H and O–H groups in total. The van der Waals surface area contributed by atoms with Gasteiger partial charge in [-0.15, -0.1) is 0 Å². The average molecular weight is 337 g/mol. The van der Waals surface area contributed by atoms with Crippen LogP contribution in [0.15, 0.2) is 18.2 Å². The predicted molar refractivity (Wildman–Crippen MR) is 95.0 cm³/mol. The van der Waals surface area contributed by atoms with E-state index in [4.69, 9.17) is 4.74 Å². The summed E-state index contributed by atoms with van der Waals surface area (Å²) in [5.41, 5.74) is 2.70. The zero-order valence-corrected chi connectivity index (χ0v) is 15.4. The number of fused-ring (bicyclic) bond motifs is 1. The third-order valence-electron chi connectivity index (χ3n) is 5.22. The lowest BCUT2D eigenvalue weighted by Gasteiger charge is -2.40. The minimum absolute atomic E-state index is 0.134. The second-order valence-electron chi connectivity index (χ2n) is 7.75. The van der Waals surface area contributed by atoms with Gasteiger partial charge < -0.3 is 10.1 Å². The van der Waals surface area contributed by atoms with E-state index in [1.807, 2.05) is 32.9 Å². The molecule has 1 aromatic carbocycles. The average Bonchev–Trinajstić information content (AvgIpc) is 2.80. The summed E-state index contributed by atoms with van der Waals surface area (Å²) in [5.74, 6) is 0.964. The summed E-state index contributed by atoms with van der Waals surface area (Å²) in [6.45, 7) is 8.11. The van der Waals surface area contributed by atoms with Crippen LogP contribution in [0.5, 0.6) is 5.75 Å². The van der Waals surface area contributed by atoms with Crippen molar-refractivity contribution in [2.45, 2.75) is 50.8 Å². The molecule has 1 unspecified atom stereocenters. The van der Waals surface area contributed by atoms with Crippen LogP contribution >= 0.6 is 0 Å². The van der Waals surface area contributed by atoms with E-state index in [9.17, 15) is 4.21 Å². The number of methoxy groups -OCH3 is 1. The number of nitrogens with one attached hydrogen (secondary N) is 2. The summed E-state index contributed by atoms with van der Waals surface area (Å²) >= 11 is 0. The normalized spacial score (nSPS) is 24.4. The molecule has 0 saturated carbocycles. The standard InChI is InChI=1S/C18H28N2O2S/c1-17(2,3)23(21)20-16-13-6-5-7-15(22-4)14(13)12-18(16)8-10-19-11-9-18/h5-7,16,19-20H,8-12H2,1-4H3/t16-,23?/m1/s1. The third kappa shape index (κ3) is 3.06. The van der Waals surface area contributed by atoms with Crippen LogP contribution in [-0.2, 0) is 17.4 Å². The summed E-state index contributed by atoms with van der Waals surface area (Å²) in [6.07, 6.45) is 3.21. The highest BCUT2D eigenvalue weighted by Gasteiger charge is 2.48. The molecule has 5 heteroatoms. The van der Waals surface area contributed by atoms with Gasteiger partial charge in [0, 0.05) is 0 Å². The van der Waals surface area contributed by atoms with Crippen molar-refractivity contribution in [2.24, 2.45) is 5.41 Å². The molecule has 0 aromatic heterocycles. The Morgan fingerprint density at radius 3 is 2.61 bits per heavy atom. The zero-order chi connectivity index (χ0) is 16.7. The molecule has 1 aliphatic heterocycles. The van der Waals surface area contributed by atoms with Gasteiger partial charge in [0.25, 0.3) is 0 Å². The van der Waals surface area contributed by atoms with Crippen molar-refractivity contribution in [3.8, 4) is 5.75 Å². The van der Waals surface area contributed by atoms with Gasteiger partial charge in [-0.05, 0) is 75.7 Å². The molecule has 1 saturated heterocycles. The van der Waals surface area contributed by atoms with Gasteiger partial charge in [0.1, 0.15) is 5.75 Å². The van der Waals surface area contributed by atoms with Crippen LogP contribution in [0, 0.1) is 5.41 Å². The maximum atomic E-state index is 12.8. The molecule has 0 bridgehead atoms. The first-order valence-electron chi connectivity index (χ1n) is 8.42. The fraction of sp³-hybridized carbons (Fsp3) is 0.667. The SMILES string of the molecule is COc1cccc2c1CC1(CCNCC1)[C@@H]2NS(=O)C(C)(C)C. The molecule has 128 valence electrons. The molecular weight excluding hydrogens is 308 g/mol. The molecule has 1 aromatic rings. The van der Waals surface area contributed by atoms with Crippen LogP contribution in [-0.4, -0.2) is 29.2 Å². The Hall–Kier alpha value is -0.910. The van der Waals surface area contributed by atoms with Crippen molar-refractivity contribution in [3.63, 3.8) is 0 Å². The van der Waals surface area contributed by atoms with Crippen LogP contribution in [0.25, 0.3) is 0 Å². The number of rotatable bonds is 3. The number of hydrogen-bond donors (Lipinski definition) is 2. The largest absolute Gasteiger partial charge is 0.496 e. The maximum absolute atomic E-state index is 12.8. The number of piperidine rings is 1. The molecule has 4 nitrogen and oxygen atoms in total. The van der Waals surface area contributed by atoms with Gasteiger partial charge in [0.05, 0.1) is 28.9 Å². The molecule has 2 atom stereocenters. The molecule has 23 heavy (non-hydrogen) atoms. The van der Waals surface area contributed by atoms with E-state index in [0.29, 0.717) is 0 Å². The lowest BCUT2D eigenvalue weighted by atomic mass is 9.73. The number of ether oxygens (including phenoxy) is 1. The molecule has 1 fully saturated rings. The Labute approximate surface area is 142 Å². The van der Waals surface area contributed by atoms with Crippen LogP contribution in [0.3, 0.4) is 0 Å². The van der Waals surface area contributed by atoms with Crippen LogP contribution in [0.2, 0.25) is 0 Å². The molecule has 1 aliphatic carbocycles. The summed E-state index contributed by atoms with van der Waals surface area (Å²) in [5, 5.41) is 3.46. The van der Waals surface area contributed by atoms with Gasteiger partial charge in [-0.25, -0.2) is 8.93 Å². The highest BCUT2D eigenvalue weighted by molar-refractivity contribution is 7.84. The Balaban J connectivity index is 2.00. The molecule has 2 aliphatic rings. The van der Waals surface area contributed by atoms with Gasteiger partial charge in [0.15, 0.2) is 0 Å². The van der Waals surface area contributed by atoms with Crippen molar-refractivity contribution in [3.05, 3.63) is 29.3 Å². The van der Waals surface area contributed by atoms with E-state index < -0.39 is 11.0 Å². The highest BCUT2D eigenvalue weighted by Crippen LogP contribution is 2.53.